The molecule has 2 aliphatic rings. The minimum atomic E-state index is -0.344. The minimum Gasteiger partial charge on any atom is -0.359 e. The van der Waals surface area contributed by atoms with Gasteiger partial charge in [0.25, 0.3) is 5.91 Å². The molecule has 2 aliphatic heterocycles. The highest BCUT2D eigenvalue weighted by molar-refractivity contribution is 6.36. The van der Waals surface area contributed by atoms with Crippen LogP contribution in [0.25, 0.3) is 22.8 Å². The van der Waals surface area contributed by atoms with E-state index < -0.39 is 0 Å². The summed E-state index contributed by atoms with van der Waals surface area (Å²) in [4.78, 5) is 33.3. The van der Waals surface area contributed by atoms with Crippen molar-refractivity contribution in [3.05, 3.63) is 76.9 Å². The van der Waals surface area contributed by atoms with Crippen LogP contribution in [0.4, 0.5) is 10.1 Å². The zero-order chi connectivity index (χ0) is 23.8. The first-order chi connectivity index (χ1) is 16.4. The molecule has 0 unspecified atom stereocenters. The number of aromatic amines is 1. The Hall–Kier alpha value is -3.71. The van der Waals surface area contributed by atoms with E-state index in [1.54, 1.807) is 24.3 Å². The van der Waals surface area contributed by atoms with Crippen molar-refractivity contribution in [2.24, 2.45) is 0 Å². The number of piperazine rings is 1. The quantitative estimate of drug-likeness (QED) is 0.582. The number of nitrogens with zero attached hydrogens (tertiary/aromatic N) is 2. The van der Waals surface area contributed by atoms with Crippen LogP contribution in [0, 0.1) is 12.7 Å². The SMILES string of the molecule is Cc1cc(CC(=O)N2CCN(C)CC2)c(C=C2C(=O)Nc3cccc(-c4ccccc4F)c32)[nH]1. The monoisotopic (exact) mass is 458 g/mol. The highest BCUT2D eigenvalue weighted by atomic mass is 19.1. The number of amides is 2. The number of fused-ring (bicyclic) bond motifs is 1. The predicted molar refractivity (Wildman–Crippen MR) is 132 cm³/mol. The van der Waals surface area contributed by atoms with Crippen LogP contribution < -0.4 is 5.32 Å². The molecule has 5 rings (SSSR count). The lowest BCUT2D eigenvalue weighted by atomic mass is 9.93. The molecule has 1 saturated heterocycles. The zero-order valence-electron chi connectivity index (χ0n) is 19.3. The molecule has 2 N–H and O–H groups in total. The molecule has 3 aromatic rings. The number of hydrogen-bond donors (Lipinski definition) is 2. The molecule has 1 aromatic heterocycles. The Labute approximate surface area is 198 Å². The third-order valence-electron chi connectivity index (χ3n) is 6.55. The van der Waals surface area contributed by atoms with Crippen LogP contribution in [0.1, 0.15) is 22.5 Å². The minimum absolute atomic E-state index is 0.0788. The Balaban J connectivity index is 1.51. The second-order valence-corrected chi connectivity index (χ2v) is 8.97. The van der Waals surface area contributed by atoms with Gasteiger partial charge in [-0.3, -0.25) is 9.59 Å². The molecular weight excluding hydrogens is 431 g/mol. The maximum absolute atomic E-state index is 14.6. The summed E-state index contributed by atoms with van der Waals surface area (Å²) in [6.07, 6.45) is 2.04. The number of halogens is 1. The van der Waals surface area contributed by atoms with E-state index in [0.717, 1.165) is 43.1 Å². The first kappa shape index (κ1) is 22.1. The molecule has 0 saturated carbocycles. The smallest absolute Gasteiger partial charge is 0.256 e. The van der Waals surface area contributed by atoms with Gasteiger partial charge in [-0.2, -0.15) is 0 Å². The molecule has 0 bridgehead atoms. The van der Waals surface area contributed by atoms with Gasteiger partial charge < -0.3 is 20.1 Å². The fourth-order valence-electron chi connectivity index (χ4n) is 4.71. The molecule has 174 valence electrons. The molecule has 6 nitrogen and oxygen atoms in total. The summed E-state index contributed by atoms with van der Waals surface area (Å²) in [6.45, 7) is 5.10. The van der Waals surface area contributed by atoms with Crippen molar-refractivity contribution in [2.45, 2.75) is 13.3 Å². The summed E-state index contributed by atoms with van der Waals surface area (Å²) in [7, 11) is 2.06. The van der Waals surface area contributed by atoms with Gasteiger partial charge in [-0.05, 0) is 49.4 Å². The highest BCUT2D eigenvalue weighted by Crippen LogP contribution is 2.41. The maximum Gasteiger partial charge on any atom is 0.256 e. The van der Waals surface area contributed by atoms with Crippen LogP contribution in [0.3, 0.4) is 0 Å². The van der Waals surface area contributed by atoms with Crippen molar-refractivity contribution in [3.63, 3.8) is 0 Å². The molecule has 3 heterocycles. The summed E-state index contributed by atoms with van der Waals surface area (Å²) in [5.41, 5.74) is 5.34. The summed E-state index contributed by atoms with van der Waals surface area (Å²) >= 11 is 0. The van der Waals surface area contributed by atoms with Crippen molar-refractivity contribution in [1.29, 1.82) is 0 Å². The van der Waals surface area contributed by atoms with Crippen molar-refractivity contribution in [1.82, 2.24) is 14.8 Å². The van der Waals surface area contributed by atoms with Crippen LogP contribution in [0.2, 0.25) is 0 Å². The lowest BCUT2D eigenvalue weighted by Gasteiger charge is -2.32. The summed E-state index contributed by atoms with van der Waals surface area (Å²) < 4.78 is 14.6. The van der Waals surface area contributed by atoms with E-state index >= 15 is 0 Å². The summed E-state index contributed by atoms with van der Waals surface area (Å²) in [5.74, 6) is -0.513. The van der Waals surface area contributed by atoms with E-state index in [1.165, 1.54) is 6.07 Å². The van der Waals surface area contributed by atoms with Gasteiger partial charge >= 0.3 is 0 Å². The van der Waals surface area contributed by atoms with E-state index in [4.69, 9.17) is 0 Å². The second kappa shape index (κ2) is 8.91. The number of rotatable bonds is 4. The Morgan fingerprint density at radius 1 is 1.06 bits per heavy atom. The van der Waals surface area contributed by atoms with Crippen LogP contribution in [0.5, 0.6) is 0 Å². The Kier molecular flexibility index (Phi) is 5.79. The molecule has 0 atom stereocenters. The number of anilines is 1. The highest BCUT2D eigenvalue weighted by Gasteiger charge is 2.29. The van der Waals surface area contributed by atoms with E-state index in [0.29, 0.717) is 28.0 Å². The van der Waals surface area contributed by atoms with Crippen molar-refractivity contribution in [2.75, 3.05) is 38.5 Å². The number of likely N-dealkylation sites (N-methyl/N-ethyl adjacent to an activating group) is 1. The molecule has 0 spiro atoms. The van der Waals surface area contributed by atoms with Gasteiger partial charge in [0.05, 0.1) is 12.0 Å². The molecule has 2 amide bonds. The predicted octanol–water partition coefficient (Wildman–Crippen LogP) is 3.94. The van der Waals surface area contributed by atoms with Crippen molar-refractivity contribution in [3.8, 4) is 11.1 Å². The van der Waals surface area contributed by atoms with Crippen LogP contribution >= 0.6 is 0 Å². The van der Waals surface area contributed by atoms with Gasteiger partial charge in [0.1, 0.15) is 5.82 Å². The van der Waals surface area contributed by atoms with Crippen LogP contribution in [-0.4, -0.2) is 59.8 Å². The normalized spacial score (nSPS) is 17.2. The molecule has 1 fully saturated rings. The van der Waals surface area contributed by atoms with E-state index in [9.17, 15) is 14.0 Å². The number of nitrogens with one attached hydrogen (secondary N) is 2. The third kappa shape index (κ3) is 4.15. The van der Waals surface area contributed by atoms with E-state index in [2.05, 4.69) is 22.2 Å². The fraction of sp³-hybridized carbons (Fsp3) is 0.259. The first-order valence-electron chi connectivity index (χ1n) is 11.5. The number of aromatic nitrogens is 1. The van der Waals surface area contributed by atoms with Gasteiger partial charge in [0.15, 0.2) is 0 Å². The lowest BCUT2D eigenvalue weighted by Crippen LogP contribution is -2.47. The largest absolute Gasteiger partial charge is 0.359 e. The number of aryl methyl sites for hydroxylation is 1. The average Bonchev–Trinajstić information content (AvgIpc) is 3.33. The Morgan fingerprint density at radius 2 is 1.79 bits per heavy atom. The number of H-pyrrole nitrogens is 1. The topological polar surface area (TPSA) is 68.4 Å². The lowest BCUT2D eigenvalue weighted by molar-refractivity contribution is -0.132. The Morgan fingerprint density at radius 3 is 2.56 bits per heavy atom. The summed E-state index contributed by atoms with van der Waals surface area (Å²) in [5, 5.41) is 2.90. The number of carbonyl (C=O) groups excluding carboxylic acids is 2. The van der Waals surface area contributed by atoms with Crippen LogP contribution in [-0.2, 0) is 16.0 Å². The molecule has 7 heteroatoms. The number of hydrogen-bond acceptors (Lipinski definition) is 3. The Bertz CT molecular complexity index is 1300. The van der Waals surface area contributed by atoms with Gasteiger partial charge in [0.2, 0.25) is 5.91 Å². The molecule has 0 aliphatic carbocycles. The average molecular weight is 459 g/mol. The zero-order valence-corrected chi connectivity index (χ0v) is 19.3. The van der Waals surface area contributed by atoms with Crippen molar-refractivity contribution < 1.29 is 14.0 Å². The number of carbonyl (C=O) groups is 2. The van der Waals surface area contributed by atoms with Gasteiger partial charge in [-0.15, -0.1) is 0 Å². The molecule has 34 heavy (non-hydrogen) atoms. The van der Waals surface area contributed by atoms with E-state index in [-0.39, 0.29) is 24.1 Å². The molecule has 2 aromatic carbocycles. The van der Waals surface area contributed by atoms with Crippen LogP contribution in [0.15, 0.2) is 48.5 Å². The van der Waals surface area contributed by atoms with Gasteiger partial charge in [-0.1, -0.05) is 30.3 Å². The molecule has 0 radical (unpaired) electrons. The second-order valence-electron chi connectivity index (χ2n) is 8.97. The van der Waals surface area contributed by atoms with Crippen molar-refractivity contribution >= 4 is 29.2 Å². The maximum atomic E-state index is 14.6. The molecular formula is C27H27FN4O2. The van der Waals surface area contributed by atoms with E-state index in [1.807, 2.05) is 36.1 Å². The first-order valence-corrected chi connectivity index (χ1v) is 11.5. The number of benzene rings is 2. The fourth-order valence-corrected chi connectivity index (χ4v) is 4.71. The summed E-state index contributed by atoms with van der Waals surface area (Å²) in [6, 6.07) is 14.0. The third-order valence-corrected chi connectivity index (χ3v) is 6.55. The standard InChI is InChI=1S/C27H27FN4O2/c1-17-14-18(15-25(33)32-12-10-31(2)11-13-32)24(29-17)16-21-26-20(19-6-3-4-8-22(19)28)7-5-9-23(26)30-27(21)34/h3-9,14,16,29H,10-13,15H2,1-2H3,(H,30,34). The van der Waals surface area contributed by atoms with Gasteiger partial charge in [-0.25, -0.2) is 4.39 Å². The van der Waals surface area contributed by atoms with Gasteiger partial charge in [0, 0.05) is 54.4 Å².